The Balaban J connectivity index is 2.13. The van der Waals surface area contributed by atoms with E-state index in [1.807, 2.05) is 39.0 Å². The van der Waals surface area contributed by atoms with Gasteiger partial charge in [-0.05, 0) is 62.2 Å². The summed E-state index contributed by atoms with van der Waals surface area (Å²) in [5.41, 5.74) is 2.77. The van der Waals surface area contributed by atoms with Gasteiger partial charge in [-0.25, -0.2) is 0 Å². The molecular weight excluding hydrogens is 356 g/mol. The van der Waals surface area contributed by atoms with Gasteiger partial charge in [-0.15, -0.1) is 0 Å². The first kappa shape index (κ1) is 21.0. The van der Waals surface area contributed by atoms with Gasteiger partial charge in [-0.1, -0.05) is 12.1 Å². The van der Waals surface area contributed by atoms with Gasteiger partial charge in [0.05, 0.1) is 13.2 Å². The van der Waals surface area contributed by atoms with Gasteiger partial charge in [0.15, 0.2) is 11.5 Å². The molecule has 2 amide bonds. The van der Waals surface area contributed by atoms with Gasteiger partial charge in [-0.2, -0.15) is 0 Å². The van der Waals surface area contributed by atoms with Crippen LogP contribution in [-0.4, -0.2) is 32.1 Å². The molecule has 148 valence electrons. The molecule has 6 heteroatoms. The van der Waals surface area contributed by atoms with Crippen molar-refractivity contribution in [2.24, 2.45) is 0 Å². The number of carbonyl (C=O) groups excluding carboxylic acids is 2. The molecule has 0 aliphatic rings. The first-order valence-corrected chi connectivity index (χ1v) is 9.19. The van der Waals surface area contributed by atoms with Crippen molar-refractivity contribution in [2.75, 3.05) is 25.6 Å². The van der Waals surface area contributed by atoms with Crippen molar-refractivity contribution < 1.29 is 19.1 Å². The van der Waals surface area contributed by atoms with Gasteiger partial charge in [0.2, 0.25) is 5.91 Å². The third-order valence-electron chi connectivity index (χ3n) is 3.98. The summed E-state index contributed by atoms with van der Waals surface area (Å²) >= 11 is 0. The van der Waals surface area contributed by atoms with Crippen LogP contribution in [0.4, 0.5) is 5.69 Å². The lowest BCUT2D eigenvalue weighted by atomic mass is 10.1. The highest BCUT2D eigenvalue weighted by molar-refractivity contribution is 6.03. The number of ether oxygens (including phenoxy) is 2. The number of benzene rings is 2. The normalized spacial score (nSPS) is 10.6. The van der Waals surface area contributed by atoms with Crippen molar-refractivity contribution in [3.8, 4) is 11.5 Å². The van der Waals surface area contributed by atoms with Crippen LogP contribution in [0.3, 0.4) is 0 Å². The van der Waals surface area contributed by atoms with E-state index in [4.69, 9.17) is 9.47 Å². The van der Waals surface area contributed by atoms with E-state index < -0.39 is 0 Å². The van der Waals surface area contributed by atoms with Gasteiger partial charge >= 0.3 is 0 Å². The summed E-state index contributed by atoms with van der Waals surface area (Å²) in [6, 6.07) is 10.7. The van der Waals surface area contributed by atoms with E-state index in [1.54, 1.807) is 31.3 Å². The van der Waals surface area contributed by atoms with Crippen LogP contribution < -0.4 is 20.1 Å². The smallest absolute Gasteiger partial charge is 0.251 e. The van der Waals surface area contributed by atoms with E-state index in [0.29, 0.717) is 36.0 Å². The quantitative estimate of drug-likeness (QED) is 0.681. The van der Waals surface area contributed by atoms with E-state index in [9.17, 15) is 9.59 Å². The van der Waals surface area contributed by atoms with Gasteiger partial charge in [0, 0.05) is 24.4 Å². The Morgan fingerprint density at radius 2 is 1.71 bits per heavy atom. The maximum atomic E-state index is 12.3. The third kappa shape index (κ3) is 5.61. The molecule has 2 N–H and O–H groups in total. The maximum absolute atomic E-state index is 12.3. The lowest BCUT2D eigenvalue weighted by molar-refractivity contribution is -0.111. The fourth-order valence-electron chi connectivity index (χ4n) is 2.56. The Labute approximate surface area is 165 Å². The Hall–Kier alpha value is -3.28. The number of rotatable bonds is 8. The number of nitrogens with one attached hydrogen (secondary N) is 2. The maximum Gasteiger partial charge on any atom is 0.251 e. The number of carbonyl (C=O) groups is 2. The summed E-state index contributed by atoms with van der Waals surface area (Å²) in [5.74, 6) is 0.821. The minimum atomic E-state index is -0.288. The molecule has 0 aliphatic carbocycles. The molecule has 0 atom stereocenters. The van der Waals surface area contributed by atoms with Gasteiger partial charge in [-0.3, -0.25) is 9.59 Å². The highest BCUT2D eigenvalue weighted by Gasteiger charge is 2.08. The molecule has 0 unspecified atom stereocenters. The summed E-state index contributed by atoms with van der Waals surface area (Å²) < 4.78 is 11.1. The SMILES string of the molecule is CCOc1ccc(/C=C/C(=O)Nc2cc(C(=O)NC)ccc2C)cc1OCC. The molecule has 2 aromatic rings. The summed E-state index contributed by atoms with van der Waals surface area (Å²) in [6.45, 7) is 6.75. The largest absolute Gasteiger partial charge is 0.490 e. The fraction of sp³-hybridized carbons (Fsp3) is 0.273. The van der Waals surface area contributed by atoms with E-state index >= 15 is 0 Å². The first-order valence-electron chi connectivity index (χ1n) is 9.19. The summed E-state index contributed by atoms with van der Waals surface area (Å²) in [4.78, 5) is 24.1. The zero-order valence-corrected chi connectivity index (χ0v) is 16.7. The molecule has 2 aromatic carbocycles. The zero-order valence-electron chi connectivity index (χ0n) is 16.7. The van der Waals surface area contributed by atoms with Crippen LogP contribution in [-0.2, 0) is 4.79 Å². The molecule has 0 fully saturated rings. The average Bonchev–Trinajstić information content (AvgIpc) is 2.69. The minimum Gasteiger partial charge on any atom is -0.490 e. The van der Waals surface area contributed by atoms with E-state index in [2.05, 4.69) is 10.6 Å². The minimum absolute atomic E-state index is 0.205. The topological polar surface area (TPSA) is 76.7 Å². The van der Waals surface area contributed by atoms with Crippen molar-refractivity contribution in [3.05, 3.63) is 59.2 Å². The van der Waals surface area contributed by atoms with Crippen molar-refractivity contribution >= 4 is 23.6 Å². The second kappa shape index (κ2) is 10.2. The van der Waals surface area contributed by atoms with Crippen molar-refractivity contribution in [1.82, 2.24) is 5.32 Å². The molecule has 0 aliphatic heterocycles. The Kier molecular flexibility index (Phi) is 7.63. The molecule has 0 saturated carbocycles. The predicted molar refractivity (Wildman–Crippen MR) is 111 cm³/mol. The van der Waals surface area contributed by atoms with Crippen LogP contribution in [0, 0.1) is 6.92 Å². The molecule has 0 aromatic heterocycles. The second-order valence-electron chi connectivity index (χ2n) is 6.00. The number of hydrogen-bond donors (Lipinski definition) is 2. The van der Waals surface area contributed by atoms with Crippen LogP contribution in [0.25, 0.3) is 6.08 Å². The molecule has 0 radical (unpaired) electrons. The monoisotopic (exact) mass is 382 g/mol. The van der Waals surface area contributed by atoms with Crippen LogP contribution in [0.15, 0.2) is 42.5 Å². The molecule has 0 spiro atoms. The Morgan fingerprint density at radius 1 is 1.00 bits per heavy atom. The number of hydrogen-bond acceptors (Lipinski definition) is 4. The van der Waals surface area contributed by atoms with Crippen molar-refractivity contribution in [3.63, 3.8) is 0 Å². The van der Waals surface area contributed by atoms with Crippen molar-refractivity contribution in [2.45, 2.75) is 20.8 Å². The van der Waals surface area contributed by atoms with Crippen LogP contribution in [0.2, 0.25) is 0 Å². The molecule has 6 nitrogen and oxygen atoms in total. The van der Waals surface area contributed by atoms with Crippen LogP contribution in [0.1, 0.15) is 35.3 Å². The highest BCUT2D eigenvalue weighted by Crippen LogP contribution is 2.29. The fourth-order valence-corrected chi connectivity index (χ4v) is 2.56. The molecular formula is C22H26N2O4. The summed E-state index contributed by atoms with van der Waals surface area (Å²) in [6.07, 6.45) is 3.14. The van der Waals surface area contributed by atoms with Gasteiger partial charge in [0.25, 0.3) is 5.91 Å². The number of aryl methyl sites for hydroxylation is 1. The number of amides is 2. The Bertz CT molecular complexity index is 875. The van der Waals surface area contributed by atoms with Crippen LogP contribution >= 0.6 is 0 Å². The Morgan fingerprint density at radius 3 is 2.39 bits per heavy atom. The zero-order chi connectivity index (χ0) is 20.5. The second-order valence-corrected chi connectivity index (χ2v) is 6.00. The lowest BCUT2D eigenvalue weighted by Gasteiger charge is -2.11. The van der Waals surface area contributed by atoms with E-state index in [0.717, 1.165) is 11.1 Å². The molecule has 0 saturated heterocycles. The molecule has 2 rings (SSSR count). The molecule has 0 heterocycles. The first-order chi connectivity index (χ1) is 13.5. The standard InChI is InChI=1S/C22H26N2O4/c1-5-27-19-11-8-16(13-20(19)28-6-2)9-12-21(25)24-18-14-17(22(26)23-4)10-7-15(18)3/h7-14H,5-6H2,1-4H3,(H,23,26)(H,24,25)/b12-9+. The van der Waals surface area contributed by atoms with E-state index in [1.165, 1.54) is 6.08 Å². The summed E-state index contributed by atoms with van der Waals surface area (Å²) in [5, 5.41) is 5.38. The van der Waals surface area contributed by atoms with Crippen molar-refractivity contribution in [1.29, 1.82) is 0 Å². The number of anilines is 1. The summed E-state index contributed by atoms with van der Waals surface area (Å²) in [7, 11) is 1.57. The third-order valence-corrected chi connectivity index (χ3v) is 3.98. The van der Waals surface area contributed by atoms with E-state index in [-0.39, 0.29) is 11.8 Å². The lowest BCUT2D eigenvalue weighted by Crippen LogP contribution is -2.18. The highest BCUT2D eigenvalue weighted by atomic mass is 16.5. The predicted octanol–water partition coefficient (Wildman–Crippen LogP) is 3.80. The van der Waals surface area contributed by atoms with Gasteiger partial charge in [0.1, 0.15) is 0 Å². The van der Waals surface area contributed by atoms with Gasteiger partial charge < -0.3 is 20.1 Å². The average molecular weight is 382 g/mol. The molecule has 28 heavy (non-hydrogen) atoms. The molecule has 0 bridgehead atoms. The van der Waals surface area contributed by atoms with Crippen LogP contribution in [0.5, 0.6) is 11.5 Å².